The number of aromatic nitrogens is 2. The number of rotatable bonds is 4. The molecule has 1 heterocycles. The van der Waals surface area contributed by atoms with Crippen LogP contribution in [0.2, 0.25) is 0 Å². The Hall–Kier alpha value is -1.95. The first kappa shape index (κ1) is 10.6. The number of H-pyrrole nitrogens is 1. The van der Waals surface area contributed by atoms with E-state index in [4.69, 9.17) is 9.84 Å². The maximum Gasteiger partial charge on any atom is 0.329 e. The van der Waals surface area contributed by atoms with Crippen LogP contribution in [0.25, 0.3) is 11.0 Å². The molecule has 2 rings (SSSR count). The topological polar surface area (TPSA) is 75.2 Å². The average Bonchev–Trinajstić information content (AvgIpc) is 2.58. The summed E-state index contributed by atoms with van der Waals surface area (Å²) in [6, 6.07) is 4.18. The van der Waals surface area contributed by atoms with Gasteiger partial charge in [0, 0.05) is 0 Å². The fraction of sp³-hybridized carbons (Fsp3) is 0.200. The van der Waals surface area contributed by atoms with Gasteiger partial charge in [-0.25, -0.2) is 14.2 Å². The molecule has 0 amide bonds. The number of carboxylic acids is 1. The summed E-state index contributed by atoms with van der Waals surface area (Å²) in [5.74, 6) is -0.918. The monoisotopic (exact) mass is 224 g/mol. The summed E-state index contributed by atoms with van der Waals surface area (Å²) in [7, 11) is 0. The Labute approximate surface area is 89.9 Å². The minimum absolute atomic E-state index is 0.0581. The van der Waals surface area contributed by atoms with E-state index in [0.717, 1.165) is 0 Å². The van der Waals surface area contributed by atoms with Crippen LogP contribution in [0, 0.1) is 5.82 Å². The van der Waals surface area contributed by atoms with Gasteiger partial charge in [-0.1, -0.05) is 0 Å². The van der Waals surface area contributed by atoms with Gasteiger partial charge in [-0.3, -0.25) is 0 Å². The molecule has 0 radical (unpaired) electrons. The molecule has 0 saturated carbocycles. The molecular weight excluding hydrogens is 215 g/mol. The number of hydrogen-bond donors (Lipinski definition) is 2. The Balaban J connectivity index is 2.10. The molecule has 0 atom stereocenters. The molecule has 0 bridgehead atoms. The third kappa shape index (κ3) is 2.34. The van der Waals surface area contributed by atoms with Gasteiger partial charge in [0.2, 0.25) is 0 Å². The smallest absolute Gasteiger partial charge is 0.329 e. The van der Waals surface area contributed by atoms with Crippen molar-refractivity contribution in [3.05, 3.63) is 29.8 Å². The Morgan fingerprint density at radius 1 is 1.56 bits per heavy atom. The zero-order chi connectivity index (χ0) is 11.5. The van der Waals surface area contributed by atoms with E-state index in [1.807, 2.05) is 0 Å². The second kappa shape index (κ2) is 4.28. The molecule has 0 aliphatic rings. The molecule has 84 valence electrons. The van der Waals surface area contributed by atoms with Crippen molar-refractivity contribution >= 4 is 17.0 Å². The van der Waals surface area contributed by atoms with Crippen LogP contribution in [0.15, 0.2) is 18.2 Å². The van der Waals surface area contributed by atoms with E-state index in [0.29, 0.717) is 16.9 Å². The van der Waals surface area contributed by atoms with Crippen molar-refractivity contribution in [2.45, 2.75) is 6.61 Å². The lowest BCUT2D eigenvalue weighted by molar-refractivity contribution is -0.142. The number of hydrogen-bond acceptors (Lipinski definition) is 3. The van der Waals surface area contributed by atoms with Gasteiger partial charge in [0.25, 0.3) is 0 Å². The van der Waals surface area contributed by atoms with Crippen LogP contribution >= 0.6 is 0 Å². The van der Waals surface area contributed by atoms with Gasteiger partial charge >= 0.3 is 5.97 Å². The number of aliphatic carboxylic acids is 1. The van der Waals surface area contributed by atoms with Crippen LogP contribution < -0.4 is 0 Å². The predicted octanol–water partition coefficient (Wildman–Crippen LogP) is 1.30. The van der Waals surface area contributed by atoms with E-state index in [1.165, 1.54) is 12.1 Å². The maximum absolute atomic E-state index is 12.8. The molecule has 0 aliphatic heterocycles. The van der Waals surface area contributed by atoms with E-state index in [9.17, 15) is 9.18 Å². The number of imidazole rings is 1. The number of ether oxygens (including phenoxy) is 1. The zero-order valence-corrected chi connectivity index (χ0v) is 8.24. The van der Waals surface area contributed by atoms with Gasteiger partial charge in [-0.05, 0) is 18.2 Å². The highest BCUT2D eigenvalue weighted by Crippen LogP contribution is 2.13. The second-order valence-corrected chi connectivity index (χ2v) is 3.23. The molecular formula is C10H9FN2O3. The fourth-order valence-corrected chi connectivity index (χ4v) is 1.34. The summed E-state index contributed by atoms with van der Waals surface area (Å²) in [4.78, 5) is 17.2. The first-order valence-corrected chi connectivity index (χ1v) is 4.59. The van der Waals surface area contributed by atoms with Crippen molar-refractivity contribution < 1.29 is 19.0 Å². The SMILES string of the molecule is O=C(O)COCc1nc2ccc(F)cc2[nH]1. The Kier molecular flexibility index (Phi) is 2.82. The molecule has 2 aromatic rings. The summed E-state index contributed by atoms with van der Waals surface area (Å²) < 4.78 is 17.7. The molecule has 16 heavy (non-hydrogen) atoms. The first-order chi connectivity index (χ1) is 7.65. The summed E-state index contributed by atoms with van der Waals surface area (Å²) in [6.45, 7) is -0.325. The van der Waals surface area contributed by atoms with Gasteiger partial charge in [-0.2, -0.15) is 0 Å². The molecule has 6 heteroatoms. The normalized spacial score (nSPS) is 10.8. The van der Waals surface area contributed by atoms with Crippen LogP contribution in [0.1, 0.15) is 5.82 Å². The summed E-state index contributed by atoms with van der Waals surface area (Å²) >= 11 is 0. The highest BCUT2D eigenvalue weighted by Gasteiger charge is 2.04. The van der Waals surface area contributed by atoms with Gasteiger partial charge in [0.1, 0.15) is 24.9 Å². The lowest BCUT2D eigenvalue weighted by Gasteiger charge is -1.96. The van der Waals surface area contributed by atoms with E-state index in [2.05, 4.69) is 9.97 Å². The molecule has 0 spiro atoms. The Morgan fingerprint density at radius 3 is 3.12 bits per heavy atom. The molecule has 0 saturated heterocycles. The number of fused-ring (bicyclic) bond motifs is 1. The van der Waals surface area contributed by atoms with Crippen molar-refractivity contribution in [3.8, 4) is 0 Å². The molecule has 2 N–H and O–H groups in total. The van der Waals surface area contributed by atoms with E-state index in [1.54, 1.807) is 6.07 Å². The van der Waals surface area contributed by atoms with E-state index >= 15 is 0 Å². The van der Waals surface area contributed by atoms with Crippen LogP contribution in [-0.2, 0) is 16.1 Å². The van der Waals surface area contributed by atoms with Crippen LogP contribution in [-0.4, -0.2) is 27.7 Å². The maximum atomic E-state index is 12.8. The number of nitrogens with zero attached hydrogens (tertiary/aromatic N) is 1. The van der Waals surface area contributed by atoms with Crippen molar-refractivity contribution in [1.29, 1.82) is 0 Å². The third-order valence-electron chi connectivity index (χ3n) is 1.96. The van der Waals surface area contributed by atoms with Crippen molar-refractivity contribution in [2.24, 2.45) is 0 Å². The lowest BCUT2D eigenvalue weighted by Crippen LogP contribution is -2.07. The van der Waals surface area contributed by atoms with Crippen molar-refractivity contribution in [1.82, 2.24) is 9.97 Å². The quantitative estimate of drug-likeness (QED) is 0.820. The minimum Gasteiger partial charge on any atom is -0.480 e. The minimum atomic E-state index is -1.04. The van der Waals surface area contributed by atoms with Gasteiger partial charge < -0.3 is 14.8 Å². The average molecular weight is 224 g/mol. The standard InChI is InChI=1S/C10H9FN2O3/c11-6-1-2-7-8(3-6)13-9(12-7)4-16-5-10(14)15/h1-3H,4-5H2,(H,12,13)(H,14,15). The summed E-state index contributed by atoms with van der Waals surface area (Å²) in [5.41, 5.74) is 1.18. The molecule has 5 nitrogen and oxygen atoms in total. The summed E-state index contributed by atoms with van der Waals surface area (Å²) in [5, 5.41) is 8.36. The third-order valence-corrected chi connectivity index (χ3v) is 1.96. The highest BCUT2D eigenvalue weighted by atomic mass is 19.1. The molecule has 1 aromatic carbocycles. The fourth-order valence-electron chi connectivity index (χ4n) is 1.34. The molecule has 1 aromatic heterocycles. The number of halogens is 1. The van der Waals surface area contributed by atoms with Gasteiger partial charge in [0.05, 0.1) is 11.0 Å². The second-order valence-electron chi connectivity index (χ2n) is 3.23. The highest BCUT2D eigenvalue weighted by molar-refractivity contribution is 5.74. The Bertz CT molecular complexity index is 524. The lowest BCUT2D eigenvalue weighted by atomic mass is 10.3. The summed E-state index contributed by atoms with van der Waals surface area (Å²) in [6.07, 6.45) is 0. The van der Waals surface area contributed by atoms with Gasteiger partial charge in [0.15, 0.2) is 0 Å². The first-order valence-electron chi connectivity index (χ1n) is 4.59. The van der Waals surface area contributed by atoms with E-state index < -0.39 is 5.97 Å². The number of aromatic amines is 1. The molecule has 0 aliphatic carbocycles. The van der Waals surface area contributed by atoms with Gasteiger partial charge in [-0.15, -0.1) is 0 Å². The van der Waals surface area contributed by atoms with E-state index in [-0.39, 0.29) is 19.0 Å². The Morgan fingerprint density at radius 2 is 2.38 bits per heavy atom. The largest absolute Gasteiger partial charge is 0.480 e. The predicted molar refractivity (Wildman–Crippen MR) is 53.3 cm³/mol. The number of carboxylic acid groups (broad SMARTS) is 1. The molecule has 0 fully saturated rings. The zero-order valence-electron chi connectivity index (χ0n) is 8.24. The van der Waals surface area contributed by atoms with Crippen molar-refractivity contribution in [3.63, 3.8) is 0 Å². The number of nitrogens with one attached hydrogen (secondary N) is 1. The van der Waals surface area contributed by atoms with Crippen LogP contribution in [0.5, 0.6) is 0 Å². The molecule has 0 unspecified atom stereocenters. The van der Waals surface area contributed by atoms with Crippen LogP contribution in [0.4, 0.5) is 4.39 Å². The number of benzene rings is 1. The van der Waals surface area contributed by atoms with Crippen LogP contribution in [0.3, 0.4) is 0 Å². The number of carbonyl (C=O) groups is 1. The van der Waals surface area contributed by atoms with Crippen molar-refractivity contribution in [2.75, 3.05) is 6.61 Å².